The van der Waals surface area contributed by atoms with E-state index in [9.17, 15) is 4.79 Å². The molecule has 0 aliphatic heterocycles. The van der Waals surface area contributed by atoms with Crippen LogP contribution in [0.15, 0.2) is 18.3 Å². The summed E-state index contributed by atoms with van der Waals surface area (Å²) in [5.74, 6) is 0.123. The minimum atomic E-state index is -0.0449. The lowest BCUT2D eigenvalue weighted by Gasteiger charge is -2.22. The maximum atomic E-state index is 12.0. The highest BCUT2D eigenvalue weighted by molar-refractivity contribution is 5.87. The number of carbonyl (C=O) groups excluding carboxylic acids is 1. The summed E-state index contributed by atoms with van der Waals surface area (Å²) in [5, 5.41) is 0. The molecule has 1 unspecified atom stereocenters. The number of nitrogens with zero attached hydrogens (tertiary/aromatic N) is 1. The Balaban J connectivity index is 2.15. The highest BCUT2D eigenvalue weighted by atomic mass is 16.5. The number of hydrogen-bond donors (Lipinski definition) is 0. The molecular weight excluding hydrogens is 202 g/mol. The van der Waals surface area contributed by atoms with Gasteiger partial charge in [0.25, 0.3) is 0 Å². The Morgan fingerprint density at radius 3 is 3.31 bits per heavy atom. The van der Waals surface area contributed by atoms with E-state index >= 15 is 0 Å². The van der Waals surface area contributed by atoms with Crippen molar-refractivity contribution in [1.82, 2.24) is 4.98 Å². The summed E-state index contributed by atoms with van der Waals surface area (Å²) in [7, 11) is 0. The number of ether oxygens (including phenoxy) is 1. The van der Waals surface area contributed by atoms with Gasteiger partial charge in [-0.25, -0.2) is 0 Å². The van der Waals surface area contributed by atoms with E-state index in [4.69, 9.17) is 4.74 Å². The molecule has 1 atom stereocenters. The molecule has 1 aromatic heterocycles. The van der Waals surface area contributed by atoms with Crippen molar-refractivity contribution in [2.24, 2.45) is 0 Å². The highest BCUT2D eigenvalue weighted by Crippen LogP contribution is 2.30. The molecule has 16 heavy (non-hydrogen) atoms. The normalized spacial score (nSPS) is 19.2. The van der Waals surface area contributed by atoms with Gasteiger partial charge < -0.3 is 4.74 Å². The summed E-state index contributed by atoms with van der Waals surface area (Å²) in [5.41, 5.74) is 2.20. The smallest absolute Gasteiger partial charge is 0.167 e. The second-order valence-corrected chi connectivity index (χ2v) is 4.10. The van der Waals surface area contributed by atoms with Crippen molar-refractivity contribution in [3.8, 4) is 0 Å². The first-order valence-electron chi connectivity index (χ1n) is 5.87. The second kappa shape index (κ2) is 5.21. The SMILES string of the molecule is CCOCC(=O)C1CCCc2cccnc21. The molecule has 1 aliphatic carbocycles. The van der Waals surface area contributed by atoms with Gasteiger partial charge >= 0.3 is 0 Å². The molecule has 0 aromatic carbocycles. The van der Waals surface area contributed by atoms with Crippen LogP contribution in [0.25, 0.3) is 0 Å². The molecule has 86 valence electrons. The van der Waals surface area contributed by atoms with Crippen LogP contribution in [0.1, 0.15) is 36.9 Å². The van der Waals surface area contributed by atoms with Crippen molar-refractivity contribution in [1.29, 1.82) is 0 Å². The topological polar surface area (TPSA) is 39.2 Å². The number of fused-ring (bicyclic) bond motifs is 1. The van der Waals surface area contributed by atoms with Gasteiger partial charge in [0.15, 0.2) is 5.78 Å². The van der Waals surface area contributed by atoms with E-state index in [0.29, 0.717) is 6.61 Å². The van der Waals surface area contributed by atoms with E-state index < -0.39 is 0 Å². The van der Waals surface area contributed by atoms with Crippen LogP contribution in [0, 0.1) is 0 Å². The van der Waals surface area contributed by atoms with Gasteiger partial charge in [0.2, 0.25) is 0 Å². The fraction of sp³-hybridized carbons (Fsp3) is 0.538. The van der Waals surface area contributed by atoms with Crippen LogP contribution in [0.2, 0.25) is 0 Å². The molecule has 3 nitrogen and oxygen atoms in total. The van der Waals surface area contributed by atoms with E-state index in [0.717, 1.165) is 25.0 Å². The van der Waals surface area contributed by atoms with Gasteiger partial charge in [0, 0.05) is 12.8 Å². The van der Waals surface area contributed by atoms with E-state index in [1.807, 2.05) is 13.0 Å². The van der Waals surface area contributed by atoms with Crippen LogP contribution >= 0.6 is 0 Å². The number of aryl methyl sites for hydroxylation is 1. The zero-order valence-corrected chi connectivity index (χ0v) is 9.61. The average molecular weight is 219 g/mol. The Morgan fingerprint density at radius 1 is 1.62 bits per heavy atom. The Labute approximate surface area is 95.8 Å². The van der Waals surface area contributed by atoms with Crippen molar-refractivity contribution in [3.05, 3.63) is 29.6 Å². The minimum Gasteiger partial charge on any atom is -0.374 e. The van der Waals surface area contributed by atoms with Crippen LogP contribution in [0.3, 0.4) is 0 Å². The quantitative estimate of drug-likeness (QED) is 0.778. The molecule has 1 aromatic rings. The third-order valence-electron chi connectivity index (χ3n) is 3.03. The molecule has 0 amide bonds. The highest BCUT2D eigenvalue weighted by Gasteiger charge is 2.27. The van der Waals surface area contributed by atoms with Crippen LogP contribution in [0.4, 0.5) is 0 Å². The van der Waals surface area contributed by atoms with Crippen LogP contribution in [0.5, 0.6) is 0 Å². The van der Waals surface area contributed by atoms with E-state index in [1.165, 1.54) is 5.56 Å². The third-order valence-corrected chi connectivity index (χ3v) is 3.03. The Kier molecular flexibility index (Phi) is 3.67. The summed E-state index contributed by atoms with van der Waals surface area (Å²) in [6, 6.07) is 4.01. The summed E-state index contributed by atoms with van der Waals surface area (Å²) in [6.45, 7) is 2.71. The summed E-state index contributed by atoms with van der Waals surface area (Å²) in [4.78, 5) is 16.3. The van der Waals surface area contributed by atoms with Crippen molar-refractivity contribution in [2.75, 3.05) is 13.2 Å². The summed E-state index contributed by atoms with van der Waals surface area (Å²) >= 11 is 0. The Hall–Kier alpha value is -1.22. The molecule has 3 heteroatoms. The van der Waals surface area contributed by atoms with Crippen molar-refractivity contribution in [3.63, 3.8) is 0 Å². The second-order valence-electron chi connectivity index (χ2n) is 4.10. The summed E-state index contributed by atoms with van der Waals surface area (Å²) in [6.07, 6.45) is 4.80. The lowest BCUT2D eigenvalue weighted by molar-refractivity contribution is -0.125. The predicted octanol–water partition coefficient (Wildman–Crippen LogP) is 2.11. The minimum absolute atomic E-state index is 0.0449. The number of aromatic nitrogens is 1. The van der Waals surface area contributed by atoms with Gasteiger partial charge in [-0.05, 0) is 37.8 Å². The summed E-state index contributed by atoms with van der Waals surface area (Å²) < 4.78 is 5.19. The Bertz CT molecular complexity index is 376. The zero-order valence-electron chi connectivity index (χ0n) is 9.61. The molecule has 1 heterocycles. The van der Waals surface area contributed by atoms with Gasteiger partial charge in [0.1, 0.15) is 6.61 Å². The fourth-order valence-electron chi connectivity index (χ4n) is 2.23. The van der Waals surface area contributed by atoms with Crippen LogP contribution in [-0.2, 0) is 16.0 Å². The first-order chi connectivity index (χ1) is 7.83. The number of ketones is 1. The molecule has 1 aliphatic rings. The van der Waals surface area contributed by atoms with Crippen molar-refractivity contribution < 1.29 is 9.53 Å². The number of hydrogen-bond acceptors (Lipinski definition) is 3. The molecule has 0 bridgehead atoms. The average Bonchev–Trinajstić information content (AvgIpc) is 2.35. The maximum Gasteiger partial charge on any atom is 0.167 e. The van der Waals surface area contributed by atoms with Crippen LogP contribution in [-0.4, -0.2) is 24.0 Å². The molecule has 0 fully saturated rings. The Morgan fingerprint density at radius 2 is 2.50 bits per heavy atom. The maximum absolute atomic E-state index is 12.0. The van der Waals surface area contributed by atoms with Gasteiger partial charge in [-0.2, -0.15) is 0 Å². The number of carbonyl (C=O) groups is 1. The van der Waals surface area contributed by atoms with Crippen molar-refractivity contribution >= 4 is 5.78 Å². The predicted molar refractivity (Wildman–Crippen MR) is 61.4 cm³/mol. The zero-order chi connectivity index (χ0) is 11.4. The lowest BCUT2D eigenvalue weighted by atomic mass is 9.84. The number of Topliss-reactive ketones (excluding diaryl/α,β-unsaturated/α-hetero) is 1. The fourth-order valence-corrected chi connectivity index (χ4v) is 2.23. The van der Waals surface area contributed by atoms with E-state index in [1.54, 1.807) is 6.20 Å². The molecule has 0 spiro atoms. The first kappa shape index (κ1) is 11.3. The monoisotopic (exact) mass is 219 g/mol. The van der Waals surface area contributed by atoms with Crippen LogP contribution < -0.4 is 0 Å². The molecule has 0 saturated carbocycles. The molecule has 0 saturated heterocycles. The van der Waals surface area contributed by atoms with E-state index in [-0.39, 0.29) is 18.3 Å². The van der Waals surface area contributed by atoms with Gasteiger partial charge in [-0.15, -0.1) is 0 Å². The van der Waals surface area contributed by atoms with Gasteiger partial charge in [0.05, 0.1) is 11.6 Å². The third kappa shape index (κ3) is 2.30. The number of pyridine rings is 1. The van der Waals surface area contributed by atoms with Gasteiger partial charge in [-0.3, -0.25) is 9.78 Å². The molecule has 0 radical (unpaired) electrons. The van der Waals surface area contributed by atoms with E-state index in [2.05, 4.69) is 11.1 Å². The van der Waals surface area contributed by atoms with Crippen molar-refractivity contribution in [2.45, 2.75) is 32.1 Å². The number of rotatable bonds is 4. The lowest BCUT2D eigenvalue weighted by Crippen LogP contribution is -2.23. The first-order valence-corrected chi connectivity index (χ1v) is 5.87. The molecular formula is C13H17NO2. The largest absolute Gasteiger partial charge is 0.374 e. The standard InChI is InChI=1S/C13H17NO2/c1-2-16-9-12(15)11-7-3-5-10-6-4-8-14-13(10)11/h4,6,8,11H,2-3,5,7,9H2,1H3. The molecule has 2 rings (SSSR count). The van der Waals surface area contributed by atoms with Gasteiger partial charge in [-0.1, -0.05) is 6.07 Å². The molecule has 0 N–H and O–H groups in total.